The third-order valence-electron chi connectivity index (χ3n) is 1.22. The summed E-state index contributed by atoms with van der Waals surface area (Å²) in [4.78, 5) is 0. The number of allylic oxidation sites excluding steroid dienone is 4. The normalized spacial score (nSPS) is 13.0. The molecule has 0 aliphatic heterocycles. The lowest BCUT2D eigenvalue weighted by Crippen LogP contribution is -1.78. The summed E-state index contributed by atoms with van der Waals surface area (Å²) < 4.78 is 0. The van der Waals surface area contributed by atoms with Crippen LogP contribution in [0.1, 0.15) is 19.8 Å². The van der Waals surface area contributed by atoms with Gasteiger partial charge < -0.3 is 0 Å². The molecule has 0 aromatic rings. The van der Waals surface area contributed by atoms with Crippen LogP contribution in [-0.4, -0.2) is 0 Å². The van der Waals surface area contributed by atoms with Gasteiger partial charge in [-0.15, -0.1) is 26.3 Å². The van der Waals surface area contributed by atoms with E-state index in [0.717, 1.165) is 0 Å². The highest BCUT2D eigenvalue weighted by Crippen LogP contribution is 2.08. The minimum Gasteiger partial charge on any atom is -0.106 e. The molecule has 11 heavy (non-hydrogen) atoms. The van der Waals surface area contributed by atoms with Crippen LogP contribution in [-0.2, 0) is 0 Å². The molecule has 0 saturated carbocycles. The molecule has 0 fully saturated rings. The van der Waals surface area contributed by atoms with Gasteiger partial charge in [-0.3, -0.25) is 0 Å². The minimum absolute atomic E-state index is 1.24. The standard InChI is InChI=1S/C7H10.2C2H4/c1-7-5-3-2-4-6-7;2*1-2/h2-3,5H,4,6H2,1H3;2*1-2H2. The van der Waals surface area contributed by atoms with E-state index in [1.807, 2.05) is 0 Å². The summed E-state index contributed by atoms with van der Waals surface area (Å²) >= 11 is 0. The second kappa shape index (κ2) is 11.7. The van der Waals surface area contributed by atoms with Crippen molar-refractivity contribution in [1.29, 1.82) is 0 Å². The molecule has 0 saturated heterocycles. The number of hydrogen-bond acceptors (Lipinski definition) is 0. The molecule has 0 spiro atoms. The van der Waals surface area contributed by atoms with Crippen LogP contribution < -0.4 is 0 Å². The van der Waals surface area contributed by atoms with Gasteiger partial charge >= 0.3 is 0 Å². The van der Waals surface area contributed by atoms with Gasteiger partial charge in [-0.25, -0.2) is 0 Å². The van der Waals surface area contributed by atoms with Crippen molar-refractivity contribution in [2.24, 2.45) is 0 Å². The highest BCUT2D eigenvalue weighted by molar-refractivity contribution is 5.15. The average Bonchev–Trinajstić information content (AvgIpc) is 2.13. The Morgan fingerprint density at radius 2 is 1.73 bits per heavy atom. The Labute approximate surface area is 70.6 Å². The maximum absolute atomic E-state index is 3.00. The lowest BCUT2D eigenvalue weighted by molar-refractivity contribution is 0.962. The van der Waals surface area contributed by atoms with Crippen molar-refractivity contribution in [3.05, 3.63) is 50.1 Å². The fourth-order valence-corrected chi connectivity index (χ4v) is 0.723. The minimum atomic E-state index is 1.24. The van der Waals surface area contributed by atoms with Crippen molar-refractivity contribution in [2.45, 2.75) is 19.8 Å². The molecule has 0 heteroatoms. The van der Waals surface area contributed by atoms with E-state index in [-0.39, 0.29) is 0 Å². The maximum atomic E-state index is 3.00. The second-order valence-electron chi connectivity index (χ2n) is 1.98. The first-order valence-corrected chi connectivity index (χ1v) is 3.72. The van der Waals surface area contributed by atoms with E-state index in [2.05, 4.69) is 51.5 Å². The lowest BCUT2D eigenvalue weighted by Gasteiger charge is -1.98. The van der Waals surface area contributed by atoms with Crippen LogP contribution in [0, 0.1) is 0 Å². The highest BCUT2D eigenvalue weighted by Gasteiger charge is 1.88. The molecule has 0 atom stereocenters. The molecule has 1 aliphatic carbocycles. The Hall–Kier alpha value is -1.04. The fourth-order valence-electron chi connectivity index (χ4n) is 0.723. The van der Waals surface area contributed by atoms with Crippen LogP contribution in [0.5, 0.6) is 0 Å². The first-order valence-electron chi connectivity index (χ1n) is 3.72. The topological polar surface area (TPSA) is 0 Å². The van der Waals surface area contributed by atoms with E-state index >= 15 is 0 Å². The third kappa shape index (κ3) is 8.96. The zero-order valence-corrected chi connectivity index (χ0v) is 7.47. The maximum Gasteiger partial charge on any atom is -0.0285 e. The Kier molecular flexibility index (Phi) is 13.4. The molecule has 0 nitrogen and oxygen atoms in total. The van der Waals surface area contributed by atoms with Crippen molar-refractivity contribution in [3.8, 4) is 0 Å². The van der Waals surface area contributed by atoms with Gasteiger partial charge in [-0.1, -0.05) is 23.8 Å². The Balaban J connectivity index is 0. The van der Waals surface area contributed by atoms with Crippen LogP contribution in [0.4, 0.5) is 0 Å². The van der Waals surface area contributed by atoms with Gasteiger partial charge in [-0.2, -0.15) is 0 Å². The second-order valence-corrected chi connectivity index (χ2v) is 1.98. The van der Waals surface area contributed by atoms with Gasteiger partial charge in [0.1, 0.15) is 0 Å². The quantitative estimate of drug-likeness (QED) is 0.460. The average molecular weight is 150 g/mol. The zero-order valence-electron chi connectivity index (χ0n) is 7.47. The molecular formula is C11H18. The number of hydrogen-bond donors (Lipinski definition) is 0. The number of rotatable bonds is 0. The van der Waals surface area contributed by atoms with Crippen molar-refractivity contribution in [3.63, 3.8) is 0 Å². The summed E-state index contributed by atoms with van der Waals surface area (Å²) in [5, 5.41) is 0. The summed E-state index contributed by atoms with van der Waals surface area (Å²) in [5.41, 5.74) is 1.50. The van der Waals surface area contributed by atoms with Crippen molar-refractivity contribution in [1.82, 2.24) is 0 Å². The highest BCUT2D eigenvalue weighted by atomic mass is 13.9. The predicted molar refractivity (Wildman–Crippen MR) is 54.6 cm³/mol. The fraction of sp³-hybridized carbons (Fsp3) is 0.273. The van der Waals surface area contributed by atoms with E-state index in [0.29, 0.717) is 0 Å². The van der Waals surface area contributed by atoms with Crippen molar-refractivity contribution >= 4 is 0 Å². The molecule has 0 aromatic heterocycles. The van der Waals surface area contributed by atoms with E-state index in [1.165, 1.54) is 18.4 Å². The van der Waals surface area contributed by atoms with E-state index in [4.69, 9.17) is 0 Å². The molecule has 0 aromatic carbocycles. The van der Waals surface area contributed by atoms with Crippen LogP contribution in [0.25, 0.3) is 0 Å². The summed E-state index contributed by atoms with van der Waals surface area (Å²) in [5.74, 6) is 0. The molecule has 62 valence electrons. The van der Waals surface area contributed by atoms with Gasteiger partial charge in [0.25, 0.3) is 0 Å². The molecule has 0 amide bonds. The molecule has 0 heterocycles. The van der Waals surface area contributed by atoms with Crippen LogP contribution in [0.15, 0.2) is 50.1 Å². The van der Waals surface area contributed by atoms with Crippen LogP contribution >= 0.6 is 0 Å². The van der Waals surface area contributed by atoms with Crippen LogP contribution in [0.3, 0.4) is 0 Å². The summed E-state index contributed by atoms with van der Waals surface area (Å²) in [6.07, 6.45) is 8.99. The van der Waals surface area contributed by atoms with Gasteiger partial charge in [0.15, 0.2) is 0 Å². The van der Waals surface area contributed by atoms with Crippen molar-refractivity contribution in [2.75, 3.05) is 0 Å². The van der Waals surface area contributed by atoms with Crippen molar-refractivity contribution < 1.29 is 0 Å². The van der Waals surface area contributed by atoms with E-state index < -0.39 is 0 Å². The molecule has 1 rings (SSSR count). The molecular weight excluding hydrogens is 132 g/mol. The van der Waals surface area contributed by atoms with Gasteiger partial charge in [0.05, 0.1) is 0 Å². The van der Waals surface area contributed by atoms with E-state index in [1.54, 1.807) is 0 Å². The van der Waals surface area contributed by atoms with Gasteiger partial charge in [0.2, 0.25) is 0 Å². The molecule has 0 N–H and O–H groups in total. The Bertz CT molecular complexity index is 127. The van der Waals surface area contributed by atoms with Gasteiger partial charge in [0, 0.05) is 0 Å². The monoisotopic (exact) mass is 150 g/mol. The van der Waals surface area contributed by atoms with E-state index in [9.17, 15) is 0 Å². The summed E-state index contributed by atoms with van der Waals surface area (Å²) in [6, 6.07) is 0. The summed E-state index contributed by atoms with van der Waals surface area (Å²) in [6.45, 7) is 14.2. The van der Waals surface area contributed by atoms with Gasteiger partial charge in [-0.05, 0) is 19.8 Å². The Morgan fingerprint density at radius 3 is 1.91 bits per heavy atom. The first-order chi connectivity index (χ1) is 5.39. The zero-order chi connectivity index (χ0) is 9.11. The summed E-state index contributed by atoms with van der Waals surface area (Å²) in [7, 11) is 0. The largest absolute Gasteiger partial charge is 0.106 e. The third-order valence-corrected chi connectivity index (χ3v) is 1.22. The first kappa shape index (κ1) is 12.6. The molecule has 0 bridgehead atoms. The lowest BCUT2D eigenvalue weighted by atomic mass is 10.1. The molecule has 0 unspecified atom stereocenters. The predicted octanol–water partition coefficient (Wildman–Crippen LogP) is 3.89. The molecule has 1 aliphatic rings. The smallest absolute Gasteiger partial charge is 0.0285 e. The SMILES string of the molecule is C=C.C=C.CC1=CC=CCC1. The molecule has 0 radical (unpaired) electrons. The van der Waals surface area contributed by atoms with Crippen LogP contribution in [0.2, 0.25) is 0 Å². The Morgan fingerprint density at radius 1 is 1.18 bits per heavy atom.